The van der Waals surface area contributed by atoms with E-state index in [0.29, 0.717) is 6.42 Å². The lowest BCUT2D eigenvalue weighted by molar-refractivity contribution is -0.147. The maximum atomic E-state index is 11.1. The van der Waals surface area contributed by atoms with Gasteiger partial charge < -0.3 is 4.55 Å². The van der Waals surface area contributed by atoms with E-state index in [2.05, 4.69) is 0 Å². The number of amides is 2. The molecule has 0 aliphatic carbocycles. The second-order valence-corrected chi connectivity index (χ2v) is 4.58. The van der Waals surface area contributed by atoms with Crippen molar-refractivity contribution in [2.45, 2.75) is 19.3 Å². The van der Waals surface area contributed by atoms with Crippen molar-refractivity contribution in [2.24, 2.45) is 0 Å². The van der Waals surface area contributed by atoms with Crippen LogP contribution in [0.25, 0.3) is 0 Å². The number of hydrogen-bond acceptors (Lipinski definition) is 5. The maximum absolute atomic E-state index is 11.1. The number of rotatable bonds is 3. The smallest absolute Gasteiger partial charge is 0.229 e. The van der Waals surface area contributed by atoms with Gasteiger partial charge in [-0.1, -0.05) is 0 Å². The number of carbonyl (C=O) groups excluding carboxylic acids is 2. The van der Waals surface area contributed by atoms with Crippen molar-refractivity contribution >= 4 is 21.9 Å². The highest BCUT2D eigenvalue weighted by atomic mass is 32.2. The Morgan fingerprint density at radius 1 is 1.21 bits per heavy atom. The Bertz CT molecular complexity index is 331. The lowest BCUT2D eigenvalue weighted by Gasteiger charge is -2.25. The van der Waals surface area contributed by atoms with E-state index in [1.807, 2.05) is 0 Å². The van der Waals surface area contributed by atoms with Crippen LogP contribution in [0.5, 0.6) is 0 Å². The number of likely N-dealkylation sites (tertiary alicyclic amines) is 1. The molecule has 0 spiro atoms. The number of nitrogens with zero attached hydrogens (tertiary/aromatic N) is 1. The van der Waals surface area contributed by atoms with Gasteiger partial charge in [0.25, 0.3) is 0 Å². The molecule has 0 atom stereocenters. The molecule has 1 saturated heterocycles. The fraction of sp³-hybridized carbons (Fsp3) is 0.714. The van der Waals surface area contributed by atoms with Crippen molar-refractivity contribution in [1.29, 1.82) is 0 Å². The van der Waals surface area contributed by atoms with E-state index >= 15 is 0 Å². The summed E-state index contributed by atoms with van der Waals surface area (Å²) >= 11 is 0. The van der Waals surface area contributed by atoms with Crippen LogP contribution in [0.15, 0.2) is 0 Å². The number of carbonyl (C=O) groups is 2. The molecule has 0 saturated carbocycles. The van der Waals surface area contributed by atoms with Crippen molar-refractivity contribution in [3.8, 4) is 0 Å². The van der Waals surface area contributed by atoms with E-state index in [1.165, 1.54) is 0 Å². The van der Waals surface area contributed by atoms with Crippen molar-refractivity contribution < 1.29 is 22.6 Å². The van der Waals surface area contributed by atoms with Crippen molar-refractivity contribution in [3.63, 3.8) is 0 Å². The summed E-state index contributed by atoms with van der Waals surface area (Å²) in [5, 5.41) is 0. The van der Waals surface area contributed by atoms with Crippen molar-refractivity contribution in [3.05, 3.63) is 0 Å². The third-order valence-corrected chi connectivity index (χ3v) is 2.63. The monoisotopic (exact) mass is 220 g/mol. The molecule has 2 amide bonds. The van der Waals surface area contributed by atoms with E-state index < -0.39 is 27.7 Å². The molecule has 6 nitrogen and oxygen atoms in total. The molecule has 7 heteroatoms. The van der Waals surface area contributed by atoms with Gasteiger partial charge in [-0.15, -0.1) is 0 Å². The van der Waals surface area contributed by atoms with E-state index in [1.54, 1.807) is 0 Å². The van der Waals surface area contributed by atoms with Crippen LogP contribution in [-0.2, 0) is 19.7 Å². The van der Waals surface area contributed by atoms with Gasteiger partial charge in [-0.25, -0.2) is 8.42 Å². The molecule has 0 aromatic rings. The van der Waals surface area contributed by atoms with Crippen LogP contribution in [0.2, 0.25) is 0 Å². The largest absolute Gasteiger partial charge is 0.748 e. The maximum Gasteiger partial charge on any atom is 0.229 e. The first kappa shape index (κ1) is 11.1. The van der Waals surface area contributed by atoms with Gasteiger partial charge in [-0.05, 0) is 6.42 Å². The summed E-state index contributed by atoms with van der Waals surface area (Å²) in [7, 11) is -4.37. The Kier molecular flexibility index (Phi) is 3.22. The molecule has 1 fully saturated rings. The quantitative estimate of drug-likeness (QED) is 0.452. The Hall–Kier alpha value is -0.950. The zero-order valence-electron chi connectivity index (χ0n) is 7.43. The van der Waals surface area contributed by atoms with Crippen LogP contribution < -0.4 is 0 Å². The first-order valence-corrected chi connectivity index (χ1v) is 5.74. The van der Waals surface area contributed by atoms with Crippen molar-refractivity contribution in [2.75, 3.05) is 12.3 Å². The minimum Gasteiger partial charge on any atom is -0.748 e. The lowest BCUT2D eigenvalue weighted by Crippen LogP contribution is -2.42. The predicted octanol–water partition coefficient (Wildman–Crippen LogP) is -0.929. The Morgan fingerprint density at radius 3 is 2.14 bits per heavy atom. The van der Waals surface area contributed by atoms with Gasteiger partial charge >= 0.3 is 0 Å². The van der Waals surface area contributed by atoms with Gasteiger partial charge in [0.2, 0.25) is 11.8 Å². The molecule has 0 radical (unpaired) electrons. The summed E-state index contributed by atoms with van der Waals surface area (Å²) in [5.74, 6) is -1.50. The molecule has 0 aromatic carbocycles. The highest BCUT2D eigenvalue weighted by molar-refractivity contribution is 7.85. The van der Waals surface area contributed by atoms with Crippen LogP contribution in [0.4, 0.5) is 0 Å². The molecule has 80 valence electrons. The van der Waals surface area contributed by atoms with Crippen LogP contribution in [-0.4, -0.2) is 42.0 Å². The van der Waals surface area contributed by atoms with Crippen LogP contribution in [0.3, 0.4) is 0 Å². The third kappa shape index (κ3) is 3.08. The molecule has 1 aliphatic heterocycles. The molecule has 1 aliphatic rings. The molecular weight excluding hydrogens is 210 g/mol. The van der Waals surface area contributed by atoms with E-state index in [4.69, 9.17) is 0 Å². The predicted molar refractivity (Wildman–Crippen MR) is 45.1 cm³/mol. The zero-order chi connectivity index (χ0) is 10.8. The van der Waals surface area contributed by atoms with Crippen LogP contribution in [0.1, 0.15) is 19.3 Å². The van der Waals surface area contributed by atoms with Gasteiger partial charge in [0.05, 0.1) is 15.9 Å². The fourth-order valence-electron chi connectivity index (χ4n) is 1.25. The molecule has 14 heavy (non-hydrogen) atoms. The molecular formula is C7H10NO5S-. The van der Waals surface area contributed by atoms with Gasteiger partial charge in [0, 0.05) is 19.4 Å². The minimum absolute atomic E-state index is 0.241. The molecule has 1 heterocycles. The average Bonchev–Trinajstić information content (AvgIpc) is 2.01. The Labute approximate surface area is 81.6 Å². The standard InChI is InChI=1S/C7H11NO5S/c9-6-2-1-3-7(10)8(6)4-5-14(11,12)13/h1-5H2,(H,11,12,13)/p-1. The van der Waals surface area contributed by atoms with E-state index in [0.717, 1.165) is 4.90 Å². The van der Waals surface area contributed by atoms with Gasteiger partial charge in [-0.3, -0.25) is 14.5 Å². The zero-order valence-corrected chi connectivity index (χ0v) is 8.25. The van der Waals surface area contributed by atoms with Gasteiger partial charge in [-0.2, -0.15) is 0 Å². The first-order valence-electron chi connectivity index (χ1n) is 4.17. The average molecular weight is 220 g/mol. The summed E-state index contributed by atoms with van der Waals surface area (Å²) in [6, 6.07) is 0. The summed E-state index contributed by atoms with van der Waals surface area (Å²) in [6.07, 6.45) is 0.980. The first-order chi connectivity index (χ1) is 6.40. The van der Waals surface area contributed by atoms with E-state index in [9.17, 15) is 22.6 Å². The Balaban J connectivity index is 2.57. The fourth-order valence-corrected chi connectivity index (χ4v) is 1.66. The highest BCUT2D eigenvalue weighted by Gasteiger charge is 2.25. The molecule has 0 unspecified atom stereocenters. The SMILES string of the molecule is O=C1CCCC(=O)N1CCS(=O)(=O)[O-]. The summed E-state index contributed by atoms with van der Waals surface area (Å²) in [4.78, 5) is 23.1. The van der Waals surface area contributed by atoms with E-state index in [-0.39, 0.29) is 19.4 Å². The van der Waals surface area contributed by atoms with Crippen LogP contribution >= 0.6 is 0 Å². The normalized spacial score (nSPS) is 18.8. The Morgan fingerprint density at radius 2 is 1.71 bits per heavy atom. The molecule has 0 aromatic heterocycles. The highest BCUT2D eigenvalue weighted by Crippen LogP contribution is 2.11. The summed E-state index contributed by atoms with van der Waals surface area (Å²) in [6.45, 7) is -0.316. The molecule has 0 N–H and O–H groups in total. The van der Waals surface area contributed by atoms with Crippen LogP contribution in [0, 0.1) is 0 Å². The van der Waals surface area contributed by atoms with Gasteiger partial charge in [0.1, 0.15) is 0 Å². The lowest BCUT2D eigenvalue weighted by atomic mass is 10.1. The number of hydrogen-bond donors (Lipinski definition) is 0. The number of piperidine rings is 1. The molecule has 1 rings (SSSR count). The second kappa shape index (κ2) is 4.05. The minimum atomic E-state index is -4.37. The van der Waals surface area contributed by atoms with Gasteiger partial charge in [0.15, 0.2) is 0 Å². The van der Waals surface area contributed by atoms with Crippen molar-refractivity contribution in [1.82, 2.24) is 4.90 Å². The number of imide groups is 1. The summed E-state index contributed by atoms with van der Waals surface area (Å²) in [5.41, 5.74) is 0. The molecule has 0 bridgehead atoms. The third-order valence-electron chi connectivity index (χ3n) is 1.95. The topological polar surface area (TPSA) is 94.6 Å². The second-order valence-electron chi connectivity index (χ2n) is 3.05. The summed E-state index contributed by atoms with van der Waals surface area (Å²) < 4.78 is 30.8.